The van der Waals surface area contributed by atoms with Crippen molar-refractivity contribution >= 4 is 22.6 Å². The molecule has 4 rings (SSSR count). The van der Waals surface area contributed by atoms with E-state index in [-0.39, 0.29) is 5.75 Å². The van der Waals surface area contributed by atoms with Gasteiger partial charge in [-0.25, -0.2) is 13.8 Å². The van der Waals surface area contributed by atoms with E-state index >= 15 is 0 Å². The molecule has 4 nitrogen and oxygen atoms in total. The lowest BCUT2D eigenvalue weighted by Crippen LogP contribution is -2.45. The zero-order valence-electron chi connectivity index (χ0n) is 17.9. The van der Waals surface area contributed by atoms with Gasteiger partial charge in [-0.05, 0) is 43.9 Å². The number of likely N-dealkylation sites (tertiary alicyclic amines) is 1. The quantitative estimate of drug-likeness (QED) is 0.530. The third-order valence-electron chi connectivity index (χ3n) is 5.94. The van der Waals surface area contributed by atoms with Crippen LogP contribution in [0.25, 0.3) is 0 Å². The first-order valence-corrected chi connectivity index (χ1v) is 11.9. The minimum atomic E-state index is -0.607. The number of amidine groups is 1. The van der Waals surface area contributed by atoms with Crippen molar-refractivity contribution in [3.63, 3.8) is 0 Å². The minimum Gasteiger partial charge on any atom is -0.493 e. The van der Waals surface area contributed by atoms with Crippen LogP contribution >= 0.6 is 11.8 Å². The minimum absolute atomic E-state index is 0.257. The molecule has 0 radical (unpaired) electrons. The summed E-state index contributed by atoms with van der Waals surface area (Å²) in [6, 6.07) is 12.2. The van der Waals surface area contributed by atoms with E-state index in [1.807, 2.05) is 11.8 Å². The van der Waals surface area contributed by atoms with E-state index < -0.39 is 11.6 Å². The highest BCUT2D eigenvalue weighted by molar-refractivity contribution is 8.13. The van der Waals surface area contributed by atoms with Gasteiger partial charge in [0.1, 0.15) is 17.4 Å². The highest BCUT2D eigenvalue weighted by Crippen LogP contribution is 2.32. The van der Waals surface area contributed by atoms with Gasteiger partial charge in [-0.3, -0.25) is 0 Å². The molecular weight excluding hydrogens is 416 g/mol. The van der Waals surface area contributed by atoms with Gasteiger partial charge in [-0.1, -0.05) is 30.0 Å². The van der Waals surface area contributed by atoms with Crippen LogP contribution < -0.4 is 4.74 Å². The molecule has 0 atom stereocenters. The van der Waals surface area contributed by atoms with Crippen LogP contribution in [-0.4, -0.2) is 54.3 Å². The van der Waals surface area contributed by atoms with Crippen molar-refractivity contribution in [2.24, 2.45) is 4.99 Å². The van der Waals surface area contributed by atoms with E-state index in [9.17, 15) is 8.78 Å². The first-order valence-electron chi connectivity index (χ1n) is 10.9. The fourth-order valence-electron chi connectivity index (χ4n) is 4.13. The smallest absolute Gasteiger partial charge is 0.164 e. The van der Waals surface area contributed by atoms with Crippen LogP contribution in [-0.2, 0) is 5.75 Å². The van der Waals surface area contributed by atoms with Gasteiger partial charge in [-0.15, -0.1) is 0 Å². The van der Waals surface area contributed by atoms with E-state index in [1.165, 1.54) is 17.7 Å². The summed E-state index contributed by atoms with van der Waals surface area (Å²) < 4.78 is 31.8. The van der Waals surface area contributed by atoms with Crippen molar-refractivity contribution in [2.75, 3.05) is 33.3 Å². The largest absolute Gasteiger partial charge is 0.493 e. The van der Waals surface area contributed by atoms with Gasteiger partial charge in [0.15, 0.2) is 5.17 Å². The van der Waals surface area contributed by atoms with E-state index in [0.29, 0.717) is 12.6 Å². The summed E-state index contributed by atoms with van der Waals surface area (Å²) in [6.45, 7) is 3.67. The van der Waals surface area contributed by atoms with Gasteiger partial charge in [0.2, 0.25) is 0 Å². The number of hydrogen-bond acceptors (Lipinski definition) is 5. The van der Waals surface area contributed by atoms with Crippen molar-refractivity contribution in [1.29, 1.82) is 0 Å². The van der Waals surface area contributed by atoms with Crippen LogP contribution in [0.3, 0.4) is 0 Å². The van der Waals surface area contributed by atoms with Crippen LogP contribution in [0.1, 0.15) is 31.2 Å². The molecule has 0 aromatic heterocycles. The molecule has 0 saturated carbocycles. The number of aliphatic imine (C=N–C) groups is 1. The summed E-state index contributed by atoms with van der Waals surface area (Å²) in [4.78, 5) is 9.74. The Morgan fingerprint density at radius 3 is 2.61 bits per heavy atom. The van der Waals surface area contributed by atoms with Gasteiger partial charge in [0.05, 0.1) is 12.3 Å². The lowest BCUT2D eigenvalue weighted by Gasteiger charge is -2.38. The number of nitrogens with zero attached hydrogens (tertiary/aromatic N) is 3. The Labute approximate surface area is 187 Å². The molecule has 0 N–H and O–H groups in total. The van der Waals surface area contributed by atoms with Gasteiger partial charge >= 0.3 is 0 Å². The van der Waals surface area contributed by atoms with Crippen LogP contribution in [0.15, 0.2) is 47.5 Å². The third kappa shape index (κ3) is 5.98. The average molecular weight is 446 g/mol. The number of ether oxygens (including phenoxy) is 1. The molecule has 1 saturated heterocycles. The number of benzene rings is 2. The second-order valence-corrected chi connectivity index (χ2v) is 9.10. The molecule has 0 amide bonds. The van der Waals surface area contributed by atoms with Crippen molar-refractivity contribution in [1.82, 2.24) is 9.80 Å². The molecule has 2 aromatic rings. The second-order valence-electron chi connectivity index (χ2n) is 8.16. The summed E-state index contributed by atoms with van der Waals surface area (Å²) in [7, 11) is 2.17. The lowest BCUT2D eigenvalue weighted by atomic mass is 10.0. The zero-order valence-corrected chi connectivity index (χ0v) is 18.7. The number of thioether (sulfide) groups is 1. The second kappa shape index (κ2) is 10.5. The first-order chi connectivity index (χ1) is 15.1. The summed E-state index contributed by atoms with van der Waals surface area (Å²) in [5, 5.41) is 1.13. The summed E-state index contributed by atoms with van der Waals surface area (Å²) in [6.07, 6.45) is 4.15. The fraction of sp³-hybridized carbons (Fsp3) is 0.458. The van der Waals surface area contributed by atoms with Crippen LogP contribution in [0, 0.1) is 11.6 Å². The fourth-order valence-corrected chi connectivity index (χ4v) is 5.17. The van der Waals surface area contributed by atoms with Gasteiger partial charge in [0.25, 0.3) is 0 Å². The van der Waals surface area contributed by atoms with E-state index in [1.54, 1.807) is 0 Å². The number of hydrogen-bond donors (Lipinski definition) is 0. The molecule has 166 valence electrons. The van der Waals surface area contributed by atoms with E-state index in [2.05, 4.69) is 41.1 Å². The van der Waals surface area contributed by atoms with Crippen LogP contribution in [0.4, 0.5) is 14.5 Å². The van der Waals surface area contributed by atoms with Gasteiger partial charge in [0, 0.05) is 50.1 Å². The number of halogens is 2. The Kier molecular flexibility index (Phi) is 7.45. The van der Waals surface area contributed by atoms with E-state index in [0.717, 1.165) is 68.0 Å². The maximum atomic E-state index is 13.2. The monoisotopic (exact) mass is 445 g/mol. The Hall–Kier alpha value is -2.12. The molecular formula is C24H29F2N3OS. The van der Waals surface area contributed by atoms with Crippen molar-refractivity contribution in [3.8, 4) is 5.75 Å². The molecule has 31 heavy (non-hydrogen) atoms. The van der Waals surface area contributed by atoms with Crippen molar-refractivity contribution in [2.45, 2.75) is 37.5 Å². The van der Waals surface area contributed by atoms with Crippen LogP contribution in [0.2, 0.25) is 0 Å². The molecule has 0 unspecified atom stereocenters. The third-order valence-corrected chi connectivity index (χ3v) is 7.04. The molecule has 0 spiro atoms. The number of para-hydroxylation sites is 1. The highest BCUT2D eigenvalue weighted by atomic mass is 32.2. The number of fused-ring (bicyclic) bond motifs is 1. The molecule has 2 aromatic carbocycles. The summed E-state index contributed by atoms with van der Waals surface area (Å²) in [5.41, 5.74) is 2.41. The molecule has 7 heteroatoms. The normalized spacial score (nSPS) is 17.2. The highest BCUT2D eigenvalue weighted by Gasteiger charge is 2.26. The Balaban J connectivity index is 1.16. The number of rotatable bonds is 7. The zero-order chi connectivity index (χ0) is 21.6. The van der Waals surface area contributed by atoms with Gasteiger partial charge < -0.3 is 14.5 Å². The SMILES string of the molecule is CN(C1=Nc2ccccc2CS1)C1CCN(CCCCOc2cc(F)cc(F)c2)CC1. The standard InChI is InChI=1S/C24H29F2N3OS/c1-28(24-27-23-7-3-2-6-18(23)17-31-24)21-8-11-29(12-9-21)10-4-5-13-30-22-15-19(25)14-20(26)16-22/h2-3,6-7,14-16,21H,4-5,8-13,17H2,1H3. The van der Waals surface area contributed by atoms with Gasteiger partial charge in [-0.2, -0.15) is 0 Å². The lowest BCUT2D eigenvalue weighted by molar-refractivity contribution is 0.162. The maximum absolute atomic E-state index is 13.2. The van der Waals surface area contributed by atoms with E-state index in [4.69, 9.17) is 9.73 Å². The Bertz CT molecular complexity index is 895. The number of piperidine rings is 1. The average Bonchev–Trinajstić information content (AvgIpc) is 2.78. The predicted molar refractivity (Wildman–Crippen MR) is 123 cm³/mol. The molecule has 0 aliphatic carbocycles. The molecule has 0 bridgehead atoms. The topological polar surface area (TPSA) is 28.1 Å². The van der Waals surface area contributed by atoms with Crippen LogP contribution in [0.5, 0.6) is 5.75 Å². The first kappa shape index (κ1) is 22.1. The molecule has 2 aliphatic rings. The Morgan fingerprint density at radius 1 is 1.10 bits per heavy atom. The predicted octanol–water partition coefficient (Wildman–Crippen LogP) is 5.45. The summed E-state index contributed by atoms with van der Waals surface area (Å²) >= 11 is 1.83. The van der Waals surface area contributed by atoms with Crippen molar-refractivity contribution in [3.05, 3.63) is 59.7 Å². The summed E-state index contributed by atoms with van der Waals surface area (Å²) in [5.74, 6) is 0.0319. The maximum Gasteiger partial charge on any atom is 0.164 e. The molecule has 2 heterocycles. The molecule has 2 aliphatic heterocycles. The Morgan fingerprint density at radius 2 is 1.84 bits per heavy atom. The molecule has 1 fully saturated rings. The number of unbranched alkanes of at least 4 members (excludes halogenated alkanes) is 1. The van der Waals surface area contributed by atoms with Crippen molar-refractivity contribution < 1.29 is 13.5 Å².